The summed E-state index contributed by atoms with van der Waals surface area (Å²) in [6.07, 6.45) is 11.2. The van der Waals surface area contributed by atoms with Gasteiger partial charge in [0.15, 0.2) is 0 Å². The summed E-state index contributed by atoms with van der Waals surface area (Å²) in [5, 5.41) is 6.50. The summed E-state index contributed by atoms with van der Waals surface area (Å²) in [7, 11) is 0. The zero-order valence-corrected chi connectivity index (χ0v) is 12.5. The number of amides is 1. The quantitative estimate of drug-likeness (QED) is 0.827. The van der Waals surface area contributed by atoms with Crippen molar-refractivity contribution in [2.75, 3.05) is 19.6 Å². The molecule has 1 amide bonds. The largest absolute Gasteiger partial charge is 0.356 e. The van der Waals surface area contributed by atoms with E-state index in [0.717, 1.165) is 43.8 Å². The van der Waals surface area contributed by atoms with Crippen LogP contribution in [0, 0.1) is 29.1 Å². The summed E-state index contributed by atoms with van der Waals surface area (Å²) in [6, 6.07) is 0. The van der Waals surface area contributed by atoms with Crippen molar-refractivity contribution >= 4 is 5.91 Å². The van der Waals surface area contributed by atoms with E-state index in [-0.39, 0.29) is 5.92 Å². The summed E-state index contributed by atoms with van der Waals surface area (Å²) >= 11 is 0. The van der Waals surface area contributed by atoms with Crippen molar-refractivity contribution in [3.63, 3.8) is 0 Å². The highest BCUT2D eigenvalue weighted by molar-refractivity contribution is 5.79. The number of hydrogen-bond donors (Lipinski definition) is 2. The summed E-state index contributed by atoms with van der Waals surface area (Å²) < 4.78 is 0. The van der Waals surface area contributed by atoms with Gasteiger partial charge in [-0.15, -0.1) is 0 Å². The second kappa shape index (κ2) is 5.01. The molecular formula is C17H28N2O. The Kier molecular flexibility index (Phi) is 3.29. The van der Waals surface area contributed by atoms with Crippen LogP contribution < -0.4 is 10.6 Å². The van der Waals surface area contributed by atoms with Crippen molar-refractivity contribution in [1.29, 1.82) is 0 Å². The molecule has 20 heavy (non-hydrogen) atoms. The number of hydrogen-bond acceptors (Lipinski definition) is 2. The van der Waals surface area contributed by atoms with Gasteiger partial charge >= 0.3 is 0 Å². The number of carbonyl (C=O) groups is 1. The zero-order chi connectivity index (χ0) is 13.6. The van der Waals surface area contributed by atoms with Crippen LogP contribution in [-0.2, 0) is 4.79 Å². The van der Waals surface area contributed by atoms with Gasteiger partial charge in [-0.3, -0.25) is 4.79 Å². The van der Waals surface area contributed by atoms with E-state index in [1.54, 1.807) is 0 Å². The minimum atomic E-state index is 0.228. The van der Waals surface area contributed by atoms with Crippen molar-refractivity contribution in [1.82, 2.24) is 10.6 Å². The van der Waals surface area contributed by atoms with E-state index in [1.165, 1.54) is 44.9 Å². The van der Waals surface area contributed by atoms with Gasteiger partial charge in [-0.2, -0.15) is 0 Å². The third-order valence-electron chi connectivity index (χ3n) is 6.55. The van der Waals surface area contributed by atoms with Crippen LogP contribution in [0.4, 0.5) is 0 Å². The lowest BCUT2D eigenvalue weighted by atomic mass is 9.49. The van der Waals surface area contributed by atoms with E-state index in [9.17, 15) is 4.79 Å². The molecule has 5 rings (SSSR count). The molecule has 1 saturated heterocycles. The molecule has 5 aliphatic rings. The van der Waals surface area contributed by atoms with Gasteiger partial charge in [0.1, 0.15) is 0 Å². The van der Waals surface area contributed by atoms with E-state index < -0.39 is 0 Å². The van der Waals surface area contributed by atoms with Gasteiger partial charge in [-0.25, -0.2) is 0 Å². The van der Waals surface area contributed by atoms with Crippen LogP contribution in [0.1, 0.15) is 51.4 Å². The molecule has 4 aliphatic carbocycles. The highest BCUT2D eigenvalue weighted by atomic mass is 16.1. The average Bonchev–Trinajstić information content (AvgIpc) is 2.90. The maximum absolute atomic E-state index is 12.1. The van der Waals surface area contributed by atoms with Crippen LogP contribution in [0.15, 0.2) is 0 Å². The summed E-state index contributed by atoms with van der Waals surface area (Å²) in [5.74, 6) is 3.59. The molecule has 3 heteroatoms. The first kappa shape index (κ1) is 13.1. The highest BCUT2D eigenvalue weighted by Crippen LogP contribution is 2.61. The second-order valence-electron chi connectivity index (χ2n) is 8.15. The van der Waals surface area contributed by atoms with E-state index in [2.05, 4.69) is 10.6 Å². The van der Waals surface area contributed by atoms with Crippen LogP contribution in [0.3, 0.4) is 0 Å². The van der Waals surface area contributed by atoms with Crippen LogP contribution in [0.5, 0.6) is 0 Å². The minimum Gasteiger partial charge on any atom is -0.356 e. The van der Waals surface area contributed by atoms with Gasteiger partial charge in [0, 0.05) is 13.1 Å². The maximum atomic E-state index is 12.1. The van der Waals surface area contributed by atoms with Crippen LogP contribution in [-0.4, -0.2) is 25.5 Å². The highest BCUT2D eigenvalue weighted by Gasteiger charge is 2.50. The molecule has 0 aromatic heterocycles. The average molecular weight is 276 g/mol. The molecule has 0 spiro atoms. The van der Waals surface area contributed by atoms with E-state index in [1.807, 2.05) is 0 Å². The van der Waals surface area contributed by atoms with Crippen LogP contribution >= 0.6 is 0 Å². The third-order valence-corrected chi connectivity index (χ3v) is 6.55. The van der Waals surface area contributed by atoms with Gasteiger partial charge < -0.3 is 10.6 Å². The molecule has 1 unspecified atom stereocenters. The molecule has 3 nitrogen and oxygen atoms in total. The fourth-order valence-electron chi connectivity index (χ4n) is 6.07. The van der Waals surface area contributed by atoms with E-state index in [4.69, 9.17) is 0 Å². The Hall–Kier alpha value is -0.570. The van der Waals surface area contributed by atoms with Gasteiger partial charge in [0.25, 0.3) is 0 Å². The Labute approximate surface area is 122 Å². The van der Waals surface area contributed by atoms with Gasteiger partial charge in [-0.1, -0.05) is 0 Å². The number of rotatable bonds is 4. The van der Waals surface area contributed by atoms with Crippen molar-refractivity contribution in [3.05, 3.63) is 0 Å². The normalized spacial score (nSPS) is 45.8. The SMILES string of the molecule is O=C(NCCC12CC3CC(CC(C3)C1)C2)C1CCNC1. The fraction of sp³-hybridized carbons (Fsp3) is 0.941. The first-order valence-corrected chi connectivity index (χ1v) is 8.71. The lowest BCUT2D eigenvalue weighted by Crippen LogP contribution is -2.47. The van der Waals surface area contributed by atoms with Crippen molar-refractivity contribution in [2.24, 2.45) is 29.1 Å². The van der Waals surface area contributed by atoms with Gasteiger partial charge in [0.2, 0.25) is 5.91 Å². The summed E-state index contributed by atoms with van der Waals surface area (Å²) in [6.45, 7) is 2.80. The fourth-order valence-corrected chi connectivity index (χ4v) is 6.07. The molecule has 4 saturated carbocycles. The topological polar surface area (TPSA) is 41.1 Å². The van der Waals surface area contributed by atoms with E-state index in [0.29, 0.717) is 11.3 Å². The molecule has 2 N–H and O–H groups in total. The first-order valence-electron chi connectivity index (χ1n) is 8.71. The molecule has 0 aromatic rings. The molecule has 1 heterocycles. The standard InChI is InChI=1S/C17H28N2O/c20-16(15-1-3-18-11-15)19-4-2-17-8-12-5-13(9-17)7-14(6-12)10-17/h12-15,18H,1-11H2,(H,19,20). The second-order valence-corrected chi connectivity index (χ2v) is 8.15. The van der Waals surface area contributed by atoms with Crippen LogP contribution in [0.25, 0.3) is 0 Å². The van der Waals surface area contributed by atoms with Crippen molar-refractivity contribution in [2.45, 2.75) is 51.4 Å². The molecule has 112 valence electrons. The van der Waals surface area contributed by atoms with Crippen LogP contribution in [0.2, 0.25) is 0 Å². The summed E-state index contributed by atoms with van der Waals surface area (Å²) in [4.78, 5) is 12.1. The maximum Gasteiger partial charge on any atom is 0.224 e. The Morgan fingerprint density at radius 1 is 1.10 bits per heavy atom. The number of nitrogens with one attached hydrogen (secondary N) is 2. The molecule has 1 atom stereocenters. The van der Waals surface area contributed by atoms with Gasteiger partial charge in [-0.05, 0) is 81.1 Å². The molecule has 0 radical (unpaired) electrons. The minimum absolute atomic E-state index is 0.228. The smallest absolute Gasteiger partial charge is 0.224 e. The van der Waals surface area contributed by atoms with E-state index >= 15 is 0 Å². The molecular weight excluding hydrogens is 248 g/mol. The number of carbonyl (C=O) groups excluding carboxylic acids is 1. The molecule has 0 aromatic carbocycles. The molecule has 1 aliphatic heterocycles. The Morgan fingerprint density at radius 3 is 2.30 bits per heavy atom. The predicted molar refractivity (Wildman–Crippen MR) is 79.2 cm³/mol. The monoisotopic (exact) mass is 276 g/mol. The third kappa shape index (κ3) is 2.38. The first-order chi connectivity index (χ1) is 9.72. The van der Waals surface area contributed by atoms with Gasteiger partial charge in [0.05, 0.1) is 5.92 Å². The van der Waals surface area contributed by atoms with Crippen molar-refractivity contribution in [3.8, 4) is 0 Å². The lowest BCUT2D eigenvalue weighted by molar-refractivity contribution is -0.124. The molecule has 5 fully saturated rings. The molecule has 4 bridgehead atoms. The summed E-state index contributed by atoms with van der Waals surface area (Å²) in [5.41, 5.74) is 0.607. The Morgan fingerprint density at radius 2 is 1.75 bits per heavy atom. The Balaban J connectivity index is 1.30. The predicted octanol–water partition coefficient (Wildman–Crippen LogP) is 2.32. The Bertz CT molecular complexity index is 351. The zero-order valence-electron chi connectivity index (χ0n) is 12.5. The lowest BCUT2D eigenvalue weighted by Gasteiger charge is -2.57. The van der Waals surface area contributed by atoms with Crippen molar-refractivity contribution < 1.29 is 4.79 Å².